The molecule has 0 spiro atoms. The van der Waals surface area contributed by atoms with Gasteiger partial charge in [0.05, 0.1) is 11.4 Å². The molecule has 0 radical (unpaired) electrons. The third-order valence-corrected chi connectivity index (χ3v) is 3.32. The number of para-hydroxylation sites is 1. The van der Waals surface area contributed by atoms with Gasteiger partial charge in [-0.25, -0.2) is 4.68 Å². The highest BCUT2D eigenvalue weighted by atomic mass is 16.1. The first-order valence-corrected chi connectivity index (χ1v) is 7.52. The van der Waals surface area contributed by atoms with Gasteiger partial charge in [-0.3, -0.25) is 4.79 Å². The number of nitrogens with one attached hydrogen (secondary N) is 1. The normalized spacial score (nSPS) is 10.8. The van der Waals surface area contributed by atoms with E-state index in [4.69, 9.17) is 0 Å². The summed E-state index contributed by atoms with van der Waals surface area (Å²) in [5, 5.41) is 7.46. The molecule has 1 aromatic carbocycles. The van der Waals surface area contributed by atoms with Crippen LogP contribution in [0.2, 0.25) is 0 Å². The van der Waals surface area contributed by atoms with Crippen molar-refractivity contribution < 1.29 is 4.79 Å². The van der Waals surface area contributed by atoms with Crippen molar-refractivity contribution >= 4 is 5.91 Å². The minimum Gasteiger partial charge on any atom is -0.356 e. The average molecular weight is 285 g/mol. The lowest BCUT2D eigenvalue weighted by molar-refractivity contribution is -0.121. The van der Waals surface area contributed by atoms with Gasteiger partial charge in [0.2, 0.25) is 5.91 Å². The molecule has 1 aromatic heterocycles. The Kier molecular flexibility index (Phi) is 5.55. The zero-order valence-corrected chi connectivity index (χ0v) is 12.7. The molecule has 0 bridgehead atoms. The topological polar surface area (TPSA) is 46.9 Å². The summed E-state index contributed by atoms with van der Waals surface area (Å²) in [5.41, 5.74) is 2.03. The lowest BCUT2D eigenvalue weighted by Gasteiger charge is -2.05. The summed E-state index contributed by atoms with van der Waals surface area (Å²) in [6.45, 7) is 4.90. The Hall–Kier alpha value is -2.10. The molecule has 4 nitrogen and oxygen atoms in total. The van der Waals surface area contributed by atoms with Crippen LogP contribution in [0.25, 0.3) is 5.69 Å². The van der Waals surface area contributed by atoms with Crippen LogP contribution in [-0.4, -0.2) is 22.2 Å². The number of hydrogen-bond donors (Lipinski definition) is 1. The van der Waals surface area contributed by atoms with Gasteiger partial charge in [-0.15, -0.1) is 0 Å². The van der Waals surface area contributed by atoms with Crippen LogP contribution in [-0.2, 0) is 11.2 Å². The minimum atomic E-state index is 0.131. The SMILES string of the molecule is CC(C)CCC(=O)NCCc1ccn(-c2ccccc2)n1. The van der Waals surface area contributed by atoms with Crippen molar-refractivity contribution in [2.45, 2.75) is 33.1 Å². The van der Waals surface area contributed by atoms with Crippen LogP contribution in [0.1, 0.15) is 32.4 Å². The van der Waals surface area contributed by atoms with Gasteiger partial charge in [0, 0.05) is 25.6 Å². The Morgan fingerprint density at radius 3 is 2.71 bits per heavy atom. The molecular weight excluding hydrogens is 262 g/mol. The van der Waals surface area contributed by atoms with E-state index in [9.17, 15) is 4.79 Å². The van der Waals surface area contributed by atoms with Crippen LogP contribution in [0, 0.1) is 5.92 Å². The first-order valence-electron chi connectivity index (χ1n) is 7.52. The van der Waals surface area contributed by atoms with Gasteiger partial charge in [-0.2, -0.15) is 5.10 Å². The Bertz CT molecular complexity index is 560. The summed E-state index contributed by atoms with van der Waals surface area (Å²) in [6.07, 6.45) is 4.25. The highest BCUT2D eigenvalue weighted by Crippen LogP contribution is 2.07. The summed E-state index contributed by atoms with van der Waals surface area (Å²) in [4.78, 5) is 11.6. The van der Waals surface area contributed by atoms with Gasteiger partial charge in [0.15, 0.2) is 0 Å². The number of rotatable bonds is 7. The summed E-state index contributed by atoms with van der Waals surface area (Å²) < 4.78 is 1.86. The fourth-order valence-corrected chi connectivity index (χ4v) is 2.06. The Morgan fingerprint density at radius 2 is 2.00 bits per heavy atom. The fraction of sp³-hybridized carbons (Fsp3) is 0.412. The Morgan fingerprint density at radius 1 is 1.24 bits per heavy atom. The van der Waals surface area contributed by atoms with Crippen molar-refractivity contribution in [3.63, 3.8) is 0 Å². The molecule has 0 saturated heterocycles. The van der Waals surface area contributed by atoms with Crippen LogP contribution in [0.3, 0.4) is 0 Å². The van der Waals surface area contributed by atoms with E-state index in [1.165, 1.54) is 0 Å². The maximum atomic E-state index is 11.6. The standard InChI is InChI=1S/C17H23N3O/c1-14(2)8-9-17(21)18-12-10-15-11-13-20(19-15)16-6-4-3-5-7-16/h3-7,11,13-14H,8-10,12H2,1-2H3,(H,18,21). The first kappa shape index (κ1) is 15.3. The van der Waals surface area contributed by atoms with Crippen LogP contribution < -0.4 is 5.32 Å². The number of hydrogen-bond acceptors (Lipinski definition) is 2. The molecule has 0 saturated carbocycles. The number of amides is 1. The van der Waals surface area contributed by atoms with Gasteiger partial charge >= 0.3 is 0 Å². The number of carbonyl (C=O) groups is 1. The monoisotopic (exact) mass is 285 g/mol. The van der Waals surface area contributed by atoms with Crippen molar-refractivity contribution in [2.75, 3.05) is 6.54 Å². The predicted octanol–water partition coefficient (Wildman–Crippen LogP) is 2.97. The summed E-state index contributed by atoms with van der Waals surface area (Å²) in [7, 11) is 0. The van der Waals surface area contributed by atoms with Crippen LogP contribution in [0.4, 0.5) is 0 Å². The molecule has 1 heterocycles. The molecule has 4 heteroatoms. The molecule has 0 aliphatic carbocycles. The smallest absolute Gasteiger partial charge is 0.220 e. The second-order valence-electron chi connectivity index (χ2n) is 5.62. The number of carbonyl (C=O) groups excluding carboxylic acids is 1. The van der Waals surface area contributed by atoms with Gasteiger partial charge in [-0.1, -0.05) is 32.0 Å². The van der Waals surface area contributed by atoms with Crippen LogP contribution in [0.15, 0.2) is 42.6 Å². The van der Waals surface area contributed by atoms with Crippen LogP contribution >= 0.6 is 0 Å². The molecule has 1 amide bonds. The third-order valence-electron chi connectivity index (χ3n) is 3.32. The average Bonchev–Trinajstić information content (AvgIpc) is 2.95. The van der Waals surface area contributed by atoms with Gasteiger partial charge in [0.1, 0.15) is 0 Å². The first-order chi connectivity index (χ1) is 10.1. The second-order valence-corrected chi connectivity index (χ2v) is 5.62. The van der Waals surface area contributed by atoms with Crippen molar-refractivity contribution in [1.82, 2.24) is 15.1 Å². The fourth-order valence-electron chi connectivity index (χ4n) is 2.06. The van der Waals surface area contributed by atoms with E-state index in [0.717, 1.165) is 24.2 Å². The number of nitrogens with zero attached hydrogens (tertiary/aromatic N) is 2. The molecule has 0 fully saturated rings. The molecular formula is C17H23N3O. The lowest BCUT2D eigenvalue weighted by atomic mass is 10.1. The quantitative estimate of drug-likeness (QED) is 0.850. The summed E-state index contributed by atoms with van der Waals surface area (Å²) >= 11 is 0. The molecule has 0 unspecified atom stereocenters. The van der Waals surface area contributed by atoms with Gasteiger partial charge in [0.25, 0.3) is 0 Å². The van der Waals surface area contributed by atoms with E-state index in [-0.39, 0.29) is 5.91 Å². The molecule has 112 valence electrons. The van der Waals surface area contributed by atoms with Gasteiger partial charge in [-0.05, 0) is 30.5 Å². The van der Waals surface area contributed by atoms with Crippen molar-refractivity contribution in [3.05, 3.63) is 48.3 Å². The highest BCUT2D eigenvalue weighted by Gasteiger charge is 2.04. The Labute approximate surface area is 126 Å². The van der Waals surface area contributed by atoms with E-state index in [2.05, 4.69) is 24.3 Å². The Balaban J connectivity index is 1.77. The van der Waals surface area contributed by atoms with Gasteiger partial charge < -0.3 is 5.32 Å². The highest BCUT2D eigenvalue weighted by molar-refractivity contribution is 5.75. The second kappa shape index (κ2) is 7.62. The molecule has 0 aliphatic rings. The maximum absolute atomic E-state index is 11.6. The van der Waals surface area contributed by atoms with Crippen molar-refractivity contribution in [3.8, 4) is 5.69 Å². The van der Waals surface area contributed by atoms with E-state index in [0.29, 0.717) is 18.9 Å². The van der Waals surface area contributed by atoms with E-state index >= 15 is 0 Å². The zero-order valence-electron chi connectivity index (χ0n) is 12.7. The van der Waals surface area contributed by atoms with Crippen molar-refractivity contribution in [2.24, 2.45) is 5.92 Å². The van der Waals surface area contributed by atoms with E-state index in [1.807, 2.05) is 47.3 Å². The minimum absolute atomic E-state index is 0.131. The summed E-state index contributed by atoms with van der Waals surface area (Å²) in [5.74, 6) is 0.698. The number of aromatic nitrogens is 2. The lowest BCUT2D eigenvalue weighted by Crippen LogP contribution is -2.25. The number of benzene rings is 1. The molecule has 0 aliphatic heterocycles. The van der Waals surface area contributed by atoms with Crippen LogP contribution in [0.5, 0.6) is 0 Å². The predicted molar refractivity (Wildman–Crippen MR) is 84.3 cm³/mol. The molecule has 21 heavy (non-hydrogen) atoms. The molecule has 0 atom stereocenters. The molecule has 1 N–H and O–H groups in total. The largest absolute Gasteiger partial charge is 0.356 e. The molecule has 2 aromatic rings. The van der Waals surface area contributed by atoms with E-state index in [1.54, 1.807) is 0 Å². The maximum Gasteiger partial charge on any atom is 0.220 e. The third kappa shape index (κ3) is 5.06. The summed E-state index contributed by atoms with van der Waals surface area (Å²) in [6, 6.07) is 12.0. The zero-order chi connectivity index (χ0) is 15.1. The van der Waals surface area contributed by atoms with E-state index < -0.39 is 0 Å². The molecule has 2 rings (SSSR count). The van der Waals surface area contributed by atoms with Crippen molar-refractivity contribution in [1.29, 1.82) is 0 Å².